The summed E-state index contributed by atoms with van der Waals surface area (Å²) in [5, 5.41) is 2.86. The second kappa shape index (κ2) is 10.9. The first kappa shape index (κ1) is 21.2. The van der Waals surface area contributed by atoms with E-state index >= 15 is 0 Å². The normalized spacial score (nSPS) is 11.4. The summed E-state index contributed by atoms with van der Waals surface area (Å²) < 4.78 is 16.8. The molecule has 1 N–H and O–H groups in total. The van der Waals surface area contributed by atoms with E-state index < -0.39 is 6.10 Å². The maximum Gasteiger partial charge on any atom is 0.265 e. The summed E-state index contributed by atoms with van der Waals surface area (Å²) in [5.41, 5.74) is 2.00. The van der Waals surface area contributed by atoms with Gasteiger partial charge in [-0.15, -0.1) is 0 Å². The molecule has 5 heteroatoms. The number of rotatable bonds is 10. The second-order valence-electron chi connectivity index (χ2n) is 6.86. The van der Waals surface area contributed by atoms with Gasteiger partial charge in [0, 0.05) is 5.69 Å². The van der Waals surface area contributed by atoms with Crippen molar-refractivity contribution in [2.75, 3.05) is 19.0 Å². The molecule has 0 bridgehead atoms. The molecule has 0 aliphatic carbocycles. The number of para-hydroxylation sites is 2. The van der Waals surface area contributed by atoms with Crippen LogP contribution in [0.1, 0.15) is 18.9 Å². The fraction of sp³-hybridized carbons (Fsp3) is 0.240. The zero-order valence-electron chi connectivity index (χ0n) is 17.3. The number of benzene rings is 3. The summed E-state index contributed by atoms with van der Waals surface area (Å²) >= 11 is 0. The largest absolute Gasteiger partial charge is 0.494 e. The molecule has 1 atom stereocenters. The van der Waals surface area contributed by atoms with Gasteiger partial charge in [-0.1, -0.05) is 42.5 Å². The number of hydrogen-bond donors (Lipinski definition) is 1. The highest BCUT2D eigenvalue weighted by Gasteiger charge is 2.16. The number of carbonyl (C=O) groups is 1. The molecule has 5 nitrogen and oxygen atoms in total. The van der Waals surface area contributed by atoms with E-state index in [0.29, 0.717) is 23.8 Å². The highest BCUT2D eigenvalue weighted by molar-refractivity contribution is 5.94. The van der Waals surface area contributed by atoms with E-state index in [1.165, 1.54) is 5.56 Å². The van der Waals surface area contributed by atoms with E-state index in [4.69, 9.17) is 14.2 Å². The van der Waals surface area contributed by atoms with Gasteiger partial charge in [0.1, 0.15) is 5.75 Å². The third kappa shape index (κ3) is 6.27. The Morgan fingerprint density at radius 1 is 0.900 bits per heavy atom. The topological polar surface area (TPSA) is 56.8 Å². The molecule has 0 saturated carbocycles. The van der Waals surface area contributed by atoms with Gasteiger partial charge >= 0.3 is 0 Å². The molecule has 3 aromatic rings. The highest BCUT2D eigenvalue weighted by Crippen LogP contribution is 2.27. The number of amides is 1. The average Bonchev–Trinajstić information content (AvgIpc) is 2.79. The lowest BCUT2D eigenvalue weighted by atomic mass is 10.1. The highest BCUT2D eigenvalue weighted by atomic mass is 16.5. The lowest BCUT2D eigenvalue weighted by Gasteiger charge is -2.16. The van der Waals surface area contributed by atoms with Crippen LogP contribution >= 0.6 is 0 Å². The molecule has 0 aromatic heterocycles. The van der Waals surface area contributed by atoms with E-state index in [-0.39, 0.29) is 5.91 Å². The number of nitrogens with one attached hydrogen (secondary N) is 1. The van der Waals surface area contributed by atoms with Crippen molar-refractivity contribution in [3.8, 4) is 17.2 Å². The van der Waals surface area contributed by atoms with Crippen LogP contribution in [0.3, 0.4) is 0 Å². The van der Waals surface area contributed by atoms with Crippen LogP contribution in [0.15, 0.2) is 78.9 Å². The standard InChI is InChI=1S/C25H27NO4/c1-19(30-24-13-7-6-12-23(24)28-2)25(27)26-21-14-16-22(17-15-21)29-18-8-11-20-9-4-3-5-10-20/h3-7,9-10,12-17,19H,8,11,18H2,1-2H3,(H,26,27). The zero-order chi connectivity index (χ0) is 21.2. The van der Waals surface area contributed by atoms with Crippen molar-refractivity contribution in [2.45, 2.75) is 25.9 Å². The van der Waals surface area contributed by atoms with E-state index in [1.54, 1.807) is 26.2 Å². The van der Waals surface area contributed by atoms with Crippen LogP contribution in [0.5, 0.6) is 17.2 Å². The molecule has 1 amide bonds. The summed E-state index contributed by atoms with van der Waals surface area (Å²) in [6.45, 7) is 2.34. The van der Waals surface area contributed by atoms with Gasteiger partial charge in [-0.05, 0) is 61.7 Å². The van der Waals surface area contributed by atoms with E-state index in [1.807, 2.05) is 54.6 Å². The summed E-state index contributed by atoms with van der Waals surface area (Å²) in [7, 11) is 1.57. The van der Waals surface area contributed by atoms with Crippen LogP contribution in [-0.4, -0.2) is 25.7 Å². The quantitative estimate of drug-likeness (QED) is 0.476. The Balaban J connectivity index is 1.44. The van der Waals surface area contributed by atoms with Crippen molar-refractivity contribution >= 4 is 11.6 Å². The fourth-order valence-corrected chi connectivity index (χ4v) is 2.95. The maximum absolute atomic E-state index is 12.4. The van der Waals surface area contributed by atoms with E-state index in [9.17, 15) is 4.79 Å². The van der Waals surface area contributed by atoms with Crippen molar-refractivity contribution in [2.24, 2.45) is 0 Å². The van der Waals surface area contributed by atoms with Crippen molar-refractivity contribution in [1.29, 1.82) is 0 Å². The smallest absolute Gasteiger partial charge is 0.265 e. The summed E-state index contributed by atoms with van der Waals surface area (Å²) in [6.07, 6.45) is 1.26. The molecule has 0 spiro atoms. The Hall–Kier alpha value is -3.47. The Morgan fingerprint density at radius 3 is 2.27 bits per heavy atom. The number of aryl methyl sites for hydroxylation is 1. The van der Waals surface area contributed by atoms with Crippen LogP contribution in [0, 0.1) is 0 Å². The number of carbonyl (C=O) groups excluding carboxylic acids is 1. The molecule has 0 radical (unpaired) electrons. The molecule has 0 aliphatic rings. The van der Waals surface area contributed by atoms with Crippen LogP contribution in [0.2, 0.25) is 0 Å². The Kier molecular flexibility index (Phi) is 7.72. The molecule has 0 fully saturated rings. The minimum atomic E-state index is -0.671. The first-order valence-electron chi connectivity index (χ1n) is 10.0. The van der Waals surface area contributed by atoms with Crippen LogP contribution in [0.25, 0.3) is 0 Å². The van der Waals surface area contributed by atoms with E-state index in [2.05, 4.69) is 17.4 Å². The Bertz CT molecular complexity index is 925. The van der Waals surface area contributed by atoms with Crippen molar-refractivity contribution in [3.05, 3.63) is 84.4 Å². The van der Waals surface area contributed by atoms with Gasteiger partial charge in [-0.3, -0.25) is 4.79 Å². The minimum Gasteiger partial charge on any atom is -0.494 e. The Labute approximate surface area is 177 Å². The van der Waals surface area contributed by atoms with Crippen LogP contribution < -0.4 is 19.5 Å². The lowest BCUT2D eigenvalue weighted by Crippen LogP contribution is -2.30. The summed E-state index contributed by atoms with van der Waals surface area (Å²) in [4.78, 5) is 12.4. The molecule has 0 saturated heterocycles. The van der Waals surface area contributed by atoms with Gasteiger partial charge in [0.25, 0.3) is 5.91 Å². The second-order valence-corrected chi connectivity index (χ2v) is 6.86. The predicted octanol–water partition coefficient (Wildman–Crippen LogP) is 5.11. The van der Waals surface area contributed by atoms with Gasteiger partial charge in [0.05, 0.1) is 13.7 Å². The summed E-state index contributed by atoms with van der Waals surface area (Å²) in [6, 6.07) is 24.9. The van der Waals surface area contributed by atoms with Crippen LogP contribution in [0.4, 0.5) is 5.69 Å². The van der Waals surface area contributed by atoms with Gasteiger partial charge in [0.15, 0.2) is 17.6 Å². The third-order valence-electron chi connectivity index (χ3n) is 4.59. The van der Waals surface area contributed by atoms with Gasteiger partial charge in [-0.25, -0.2) is 0 Å². The lowest BCUT2D eigenvalue weighted by molar-refractivity contribution is -0.122. The van der Waals surface area contributed by atoms with Gasteiger partial charge < -0.3 is 19.5 Å². The fourth-order valence-electron chi connectivity index (χ4n) is 2.95. The first-order valence-corrected chi connectivity index (χ1v) is 10.0. The van der Waals surface area contributed by atoms with E-state index in [0.717, 1.165) is 18.6 Å². The monoisotopic (exact) mass is 405 g/mol. The zero-order valence-corrected chi connectivity index (χ0v) is 17.3. The van der Waals surface area contributed by atoms with Gasteiger partial charge in [0.2, 0.25) is 0 Å². The molecule has 30 heavy (non-hydrogen) atoms. The third-order valence-corrected chi connectivity index (χ3v) is 4.59. The average molecular weight is 405 g/mol. The predicted molar refractivity (Wildman–Crippen MR) is 118 cm³/mol. The first-order chi connectivity index (χ1) is 14.7. The van der Waals surface area contributed by atoms with Gasteiger partial charge in [-0.2, -0.15) is 0 Å². The molecule has 0 heterocycles. The number of ether oxygens (including phenoxy) is 3. The molecular formula is C25H27NO4. The van der Waals surface area contributed by atoms with Crippen molar-refractivity contribution in [3.63, 3.8) is 0 Å². The Morgan fingerprint density at radius 2 is 1.57 bits per heavy atom. The summed E-state index contributed by atoms with van der Waals surface area (Å²) in [5.74, 6) is 1.66. The minimum absolute atomic E-state index is 0.238. The molecular weight excluding hydrogens is 378 g/mol. The molecule has 3 aromatic carbocycles. The molecule has 156 valence electrons. The number of anilines is 1. The SMILES string of the molecule is COc1ccccc1OC(C)C(=O)Nc1ccc(OCCCc2ccccc2)cc1. The van der Waals surface area contributed by atoms with Crippen LogP contribution in [-0.2, 0) is 11.2 Å². The maximum atomic E-state index is 12.4. The molecule has 0 aliphatic heterocycles. The van der Waals surface area contributed by atoms with Crippen molar-refractivity contribution in [1.82, 2.24) is 0 Å². The molecule has 1 unspecified atom stereocenters. The number of hydrogen-bond acceptors (Lipinski definition) is 4. The number of methoxy groups -OCH3 is 1. The van der Waals surface area contributed by atoms with Crippen molar-refractivity contribution < 1.29 is 19.0 Å². The molecule has 3 rings (SSSR count).